The van der Waals surface area contributed by atoms with Crippen LogP contribution in [0.2, 0.25) is 0 Å². The molecule has 1 rings (SSSR count). The first-order chi connectivity index (χ1) is 9.47. The summed E-state index contributed by atoms with van der Waals surface area (Å²) in [4.78, 5) is 4.69. The minimum atomic E-state index is 0.0884. The largest absolute Gasteiger partial charge is 0.323 e. The maximum Gasteiger partial charge on any atom is 0.0424 e. The minimum absolute atomic E-state index is 0.0884. The van der Waals surface area contributed by atoms with Gasteiger partial charge in [0.2, 0.25) is 0 Å². The van der Waals surface area contributed by atoms with Crippen molar-refractivity contribution < 1.29 is 0 Å². The summed E-state index contributed by atoms with van der Waals surface area (Å²) < 4.78 is 0. The van der Waals surface area contributed by atoms with Crippen molar-refractivity contribution in [2.75, 3.05) is 33.7 Å². The zero-order valence-electron chi connectivity index (χ0n) is 13.8. The topological polar surface area (TPSA) is 32.5 Å². The number of nitrogens with two attached hydrogens (primary N) is 1. The van der Waals surface area contributed by atoms with Gasteiger partial charge in [0.25, 0.3) is 0 Å². The average molecular weight is 277 g/mol. The van der Waals surface area contributed by atoms with Crippen LogP contribution in [0, 0.1) is 0 Å². The van der Waals surface area contributed by atoms with E-state index in [4.69, 9.17) is 5.73 Å². The molecule has 0 aliphatic carbocycles. The molecule has 0 aliphatic rings. The van der Waals surface area contributed by atoms with Crippen molar-refractivity contribution in [2.45, 2.75) is 39.3 Å². The van der Waals surface area contributed by atoms with Gasteiger partial charge in [0, 0.05) is 25.2 Å². The maximum atomic E-state index is 6.38. The highest BCUT2D eigenvalue weighted by molar-refractivity contribution is 5.25. The summed E-state index contributed by atoms with van der Waals surface area (Å²) in [6.45, 7) is 9.67. The molecule has 0 saturated heterocycles. The smallest absolute Gasteiger partial charge is 0.0424 e. The average Bonchev–Trinajstić information content (AvgIpc) is 2.43. The second kappa shape index (κ2) is 8.40. The van der Waals surface area contributed by atoms with Gasteiger partial charge in [-0.15, -0.1) is 0 Å². The van der Waals surface area contributed by atoms with Crippen molar-refractivity contribution in [2.24, 2.45) is 5.73 Å². The summed E-state index contributed by atoms with van der Waals surface area (Å²) in [7, 11) is 4.24. The molecule has 0 bridgehead atoms. The Morgan fingerprint density at radius 3 is 2.10 bits per heavy atom. The van der Waals surface area contributed by atoms with Crippen molar-refractivity contribution in [3.8, 4) is 0 Å². The highest BCUT2D eigenvalue weighted by Gasteiger charge is 2.17. The predicted octanol–water partition coefficient (Wildman–Crippen LogP) is 2.52. The van der Waals surface area contributed by atoms with Crippen LogP contribution in [0.15, 0.2) is 24.3 Å². The molecular formula is C17H31N3. The fourth-order valence-corrected chi connectivity index (χ4v) is 2.62. The van der Waals surface area contributed by atoms with E-state index in [0.717, 1.165) is 26.1 Å². The molecular weight excluding hydrogens is 246 g/mol. The highest BCUT2D eigenvalue weighted by Crippen LogP contribution is 2.15. The van der Waals surface area contributed by atoms with Gasteiger partial charge >= 0.3 is 0 Å². The van der Waals surface area contributed by atoms with Crippen LogP contribution in [0.5, 0.6) is 0 Å². The number of hydrogen-bond donors (Lipinski definition) is 1. The van der Waals surface area contributed by atoms with E-state index in [2.05, 4.69) is 68.9 Å². The molecule has 114 valence electrons. The van der Waals surface area contributed by atoms with Crippen molar-refractivity contribution in [1.29, 1.82) is 0 Å². The van der Waals surface area contributed by atoms with Gasteiger partial charge in [-0.2, -0.15) is 0 Å². The van der Waals surface area contributed by atoms with E-state index in [1.165, 1.54) is 11.1 Å². The van der Waals surface area contributed by atoms with E-state index in [1.54, 1.807) is 0 Å². The zero-order chi connectivity index (χ0) is 15.1. The molecule has 3 heteroatoms. The third-order valence-corrected chi connectivity index (χ3v) is 3.91. The summed E-state index contributed by atoms with van der Waals surface area (Å²) in [6, 6.07) is 9.34. The van der Waals surface area contributed by atoms with Crippen LogP contribution in [-0.2, 0) is 6.42 Å². The number of hydrogen-bond acceptors (Lipinski definition) is 3. The molecule has 0 spiro atoms. The molecule has 0 aromatic heterocycles. The van der Waals surface area contributed by atoms with Crippen LogP contribution in [0.4, 0.5) is 0 Å². The Bertz CT molecular complexity index is 372. The van der Waals surface area contributed by atoms with Gasteiger partial charge in [0.05, 0.1) is 0 Å². The van der Waals surface area contributed by atoms with Crippen molar-refractivity contribution in [1.82, 2.24) is 9.80 Å². The number of likely N-dealkylation sites (N-methyl/N-ethyl adjacent to an activating group) is 2. The summed E-state index contributed by atoms with van der Waals surface area (Å²) in [5, 5.41) is 0. The molecule has 0 heterocycles. The number of aryl methyl sites for hydroxylation is 1. The van der Waals surface area contributed by atoms with Crippen molar-refractivity contribution >= 4 is 0 Å². The van der Waals surface area contributed by atoms with Gasteiger partial charge in [-0.25, -0.2) is 0 Å². The monoisotopic (exact) mass is 277 g/mol. The highest BCUT2D eigenvalue weighted by atomic mass is 15.2. The molecule has 2 unspecified atom stereocenters. The summed E-state index contributed by atoms with van der Waals surface area (Å²) in [5.41, 5.74) is 8.98. The molecule has 2 N–H and O–H groups in total. The van der Waals surface area contributed by atoms with Gasteiger partial charge in [0.15, 0.2) is 0 Å². The molecule has 0 saturated carbocycles. The van der Waals surface area contributed by atoms with Crippen LogP contribution in [0.1, 0.15) is 37.9 Å². The third kappa shape index (κ3) is 5.23. The Kier molecular flexibility index (Phi) is 7.20. The second-order valence-corrected chi connectivity index (χ2v) is 5.90. The fraction of sp³-hybridized carbons (Fsp3) is 0.647. The molecule has 2 atom stereocenters. The number of rotatable bonds is 8. The van der Waals surface area contributed by atoms with Gasteiger partial charge in [0.1, 0.15) is 0 Å². The van der Waals surface area contributed by atoms with Gasteiger partial charge in [-0.3, -0.25) is 4.90 Å². The minimum Gasteiger partial charge on any atom is -0.323 e. The zero-order valence-corrected chi connectivity index (χ0v) is 13.8. The second-order valence-electron chi connectivity index (χ2n) is 5.90. The SMILES string of the molecule is CCc1ccc(C(N)CN(CC)C(C)CN(C)C)cc1. The predicted molar refractivity (Wildman–Crippen MR) is 88.0 cm³/mol. The molecule has 20 heavy (non-hydrogen) atoms. The molecule has 0 fully saturated rings. The molecule has 1 aromatic rings. The quantitative estimate of drug-likeness (QED) is 0.792. The lowest BCUT2D eigenvalue weighted by atomic mass is 10.0. The van der Waals surface area contributed by atoms with E-state index in [9.17, 15) is 0 Å². The Morgan fingerprint density at radius 2 is 1.65 bits per heavy atom. The Labute approximate surface area is 124 Å². The molecule has 3 nitrogen and oxygen atoms in total. The maximum absolute atomic E-state index is 6.38. The van der Waals surface area contributed by atoms with Crippen LogP contribution in [-0.4, -0.2) is 49.6 Å². The summed E-state index contributed by atoms with van der Waals surface area (Å²) >= 11 is 0. The van der Waals surface area contributed by atoms with Gasteiger partial charge in [-0.1, -0.05) is 38.1 Å². The third-order valence-electron chi connectivity index (χ3n) is 3.91. The Hall–Kier alpha value is -0.900. The van der Waals surface area contributed by atoms with Crippen LogP contribution < -0.4 is 5.73 Å². The molecule has 0 aliphatic heterocycles. The lowest BCUT2D eigenvalue weighted by Crippen LogP contribution is -2.43. The van der Waals surface area contributed by atoms with Gasteiger partial charge in [-0.05, 0) is 45.1 Å². The number of benzene rings is 1. The van der Waals surface area contributed by atoms with E-state index < -0.39 is 0 Å². The van der Waals surface area contributed by atoms with E-state index in [0.29, 0.717) is 6.04 Å². The summed E-state index contributed by atoms with van der Waals surface area (Å²) in [5.74, 6) is 0. The Balaban J connectivity index is 2.63. The van der Waals surface area contributed by atoms with Crippen LogP contribution in [0.3, 0.4) is 0 Å². The van der Waals surface area contributed by atoms with Gasteiger partial charge < -0.3 is 10.6 Å². The van der Waals surface area contributed by atoms with Crippen molar-refractivity contribution in [3.05, 3.63) is 35.4 Å². The molecule has 0 radical (unpaired) electrons. The van der Waals surface area contributed by atoms with E-state index in [1.807, 2.05) is 0 Å². The number of nitrogens with zero attached hydrogens (tertiary/aromatic N) is 2. The first-order valence-electron chi connectivity index (χ1n) is 7.71. The lowest BCUT2D eigenvalue weighted by molar-refractivity contribution is 0.172. The van der Waals surface area contributed by atoms with E-state index >= 15 is 0 Å². The molecule has 0 amide bonds. The molecule has 1 aromatic carbocycles. The van der Waals surface area contributed by atoms with E-state index in [-0.39, 0.29) is 6.04 Å². The Morgan fingerprint density at radius 1 is 1.05 bits per heavy atom. The first kappa shape index (κ1) is 17.2. The van der Waals surface area contributed by atoms with Crippen LogP contribution in [0.25, 0.3) is 0 Å². The lowest BCUT2D eigenvalue weighted by Gasteiger charge is -2.32. The fourth-order valence-electron chi connectivity index (χ4n) is 2.62. The van der Waals surface area contributed by atoms with Crippen LogP contribution >= 0.6 is 0 Å². The first-order valence-corrected chi connectivity index (χ1v) is 7.71. The standard InChI is InChI=1S/C17H31N3/c1-6-15-8-10-16(11-9-15)17(18)13-20(7-2)14(3)12-19(4)5/h8-11,14,17H,6-7,12-13,18H2,1-5H3. The normalized spacial score (nSPS) is 14.8. The summed E-state index contributed by atoms with van der Waals surface area (Å²) in [6.07, 6.45) is 1.08. The van der Waals surface area contributed by atoms with Crippen molar-refractivity contribution in [3.63, 3.8) is 0 Å².